The molecule has 7 N–H and O–H groups in total. The highest BCUT2D eigenvalue weighted by molar-refractivity contribution is 5.66. The minimum Gasteiger partial charge on any atom is -0.457 e. The van der Waals surface area contributed by atoms with E-state index in [1.165, 1.54) is 13.8 Å². The summed E-state index contributed by atoms with van der Waals surface area (Å²) in [5.41, 5.74) is 0. The maximum Gasteiger partial charge on any atom is 0.303 e. The molecule has 0 amide bonds. The highest BCUT2D eigenvalue weighted by Crippen LogP contribution is 2.31. The van der Waals surface area contributed by atoms with E-state index in [9.17, 15) is 40.5 Å². The molecule has 3 aliphatic heterocycles. The Bertz CT molecular complexity index is 664. The Kier molecular flexibility index (Phi) is 8.64. The van der Waals surface area contributed by atoms with E-state index in [1.54, 1.807) is 0 Å². The van der Waals surface area contributed by atoms with Crippen LogP contribution in [0.1, 0.15) is 20.8 Å². The normalized spacial score (nSPS) is 51.2. The quantitative estimate of drug-likeness (QED) is 0.184. The van der Waals surface area contributed by atoms with E-state index >= 15 is 0 Å². The van der Waals surface area contributed by atoms with Crippen molar-refractivity contribution in [2.24, 2.45) is 0 Å². The number of hydrogen-bond acceptors (Lipinski definition) is 14. The van der Waals surface area contributed by atoms with Crippen LogP contribution in [0.3, 0.4) is 0 Å². The minimum absolute atomic E-state index is 0.326. The molecule has 14 nitrogen and oxygen atoms in total. The lowest BCUT2D eigenvalue weighted by Gasteiger charge is -2.47. The van der Waals surface area contributed by atoms with Crippen LogP contribution in [0.4, 0.5) is 0 Å². The first-order chi connectivity index (χ1) is 15.4. The largest absolute Gasteiger partial charge is 0.457 e. The number of carbonyl (C=O) groups excluding carboxylic acids is 1. The molecule has 192 valence electrons. The van der Waals surface area contributed by atoms with Gasteiger partial charge in [0.25, 0.3) is 0 Å². The summed E-state index contributed by atoms with van der Waals surface area (Å²) in [5, 5.41) is 71.1. The first-order valence-electron chi connectivity index (χ1n) is 10.6. The van der Waals surface area contributed by atoms with Gasteiger partial charge in [-0.25, -0.2) is 0 Å². The molecule has 14 heteroatoms. The fraction of sp³-hybridized carbons (Fsp3) is 0.947. The van der Waals surface area contributed by atoms with E-state index in [0.717, 1.165) is 6.92 Å². The summed E-state index contributed by atoms with van der Waals surface area (Å²) in [6.45, 7) is 3.70. The van der Waals surface area contributed by atoms with Crippen molar-refractivity contribution in [3.8, 4) is 0 Å². The molecule has 3 heterocycles. The van der Waals surface area contributed by atoms with E-state index < -0.39 is 92.0 Å². The number of hydrogen-bond donors (Lipinski definition) is 7. The van der Waals surface area contributed by atoms with Crippen molar-refractivity contribution in [1.29, 1.82) is 0 Å². The number of rotatable bonds is 5. The molecular formula is C19H32O14. The Labute approximate surface area is 189 Å². The standard InChI is InChI=1S/C19H32O14/c1-5-9(22)15(31-7(3)20)16(17(27)29-5)33-19-13(26)11(24)14(6(2)30-19)32-18-12(25)10(23)8(21)4-28-18/h5-6,8-19,21-27H,4H2,1-3H3/t5-,6+,8-,9+,10+,11+,12-,13-,14+,15+,16-,17-,18+,19+/m1/s1. The second kappa shape index (κ2) is 10.7. The molecule has 0 spiro atoms. The van der Waals surface area contributed by atoms with Gasteiger partial charge in [-0.15, -0.1) is 0 Å². The summed E-state index contributed by atoms with van der Waals surface area (Å²) in [7, 11) is 0. The summed E-state index contributed by atoms with van der Waals surface area (Å²) in [5.74, 6) is -0.751. The summed E-state index contributed by atoms with van der Waals surface area (Å²) >= 11 is 0. The topological polar surface area (TPSA) is 214 Å². The molecule has 3 saturated heterocycles. The van der Waals surface area contributed by atoms with Gasteiger partial charge in [-0.05, 0) is 13.8 Å². The molecule has 0 aromatic rings. The zero-order chi connectivity index (χ0) is 24.6. The SMILES string of the molecule is CC(=O)O[C@H]1[C@@H](O)[C@@H](C)O[C@@H](O)[C@@H]1O[C@@H]1O[C@@H](C)[C@H](O[C@@H]2OC[C@@H](O)[C@H](O)[C@H]2O)[C@@H](O)[C@H]1O. The molecular weight excluding hydrogens is 452 g/mol. The molecule has 0 aliphatic carbocycles. The van der Waals surface area contributed by atoms with Gasteiger partial charge in [-0.3, -0.25) is 4.79 Å². The Morgan fingerprint density at radius 1 is 0.727 bits per heavy atom. The van der Waals surface area contributed by atoms with Crippen molar-refractivity contribution in [2.45, 2.75) is 107 Å². The smallest absolute Gasteiger partial charge is 0.303 e. The van der Waals surface area contributed by atoms with Gasteiger partial charge in [0.1, 0.15) is 42.7 Å². The molecule has 3 aliphatic rings. The van der Waals surface area contributed by atoms with Crippen molar-refractivity contribution in [2.75, 3.05) is 6.61 Å². The highest BCUT2D eigenvalue weighted by atomic mass is 16.8. The lowest BCUT2D eigenvalue weighted by Crippen LogP contribution is -2.65. The van der Waals surface area contributed by atoms with Crippen LogP contribution in [0.5, 0.6) is 0 Å². The van der Waals surface area contributed by atoms with Gasteiger partial charge in [0.15, 0.2) is 31.1 Å². The fourth-order valence-corrected chi connectivity index (χ4v) is 3.99. The van der Waals surface area contributed by atoms with Crippen LogP contribution in [-0.2, 0) is 33.2 Å². The lowest BCUT2D eigenvalue weighted by molar-refractivity contribution is -0.372. The van der Waals surface area contributed by atoms with Crippen LogP contribution in [-0.4, -0.2) is 134 Å². The molecule has 0 aromatic carbocycles. The third-order valence-electron chi connectivity index (χ3n) is 5.89. The Hall–Kier alpha value is -1.01. The van der Waals surface area contributed by atoms with E-state index in [4.69, 9.17) is 28.4 Å². The number of aliphatic hydroxyl groups is 7. The zero-order valence-electron chi connectivity index (χ0n) is 18.3. The van der Waals surface area contributed by atoms with E-state index in [1.807, 2.05) is 0 Å². The second-order valence-corrected chi connectivity index (χ2v) is 8.44. The number of aliphatic hydroxyl groups excluding tert-OH is 7. The number of carbonyl (C=O) groups is 1. The van der Waals surface area contributed by atoms with Crippen molar-refractivity contribution in [1.82, 2.24) is 0 Å². The first kappa shape index (κ1) is 26.6. The van der Waals surface area contributed by atoms with Crippen molar-refractivity contribution < 1.29 is 69.0 Å². The van der Waals surface area contributed by atoms with Crippen LogP contribution < -0.4 is 0 Å². The molecule has 0 radical (unpaired) electrons. The highest BCUT2D eigenvalue weighted by Gasteiger charge is 2.52. The van der Waals surface area contributed by atoms with Crippen LogP contribution in [0.25, 0.3) is 0 Å². The fourth-order valence-electron chi connectivity index (χ4n) is 3.99. The van der Waals surface area contributed by atoms with Crippen LogP contribution in [0.2, 0.25) is 0 Å². The van der Waals surface area contributed by atoms with E-state index in [2.05, 4.69) is 0 Å². The molecule has 3 fully saturated rings. The maximum absolute atomic E-state index is 11.5. The summed E-state index contributed by atoms with van der Waals surface area (Å²) in [6, 6.07) is 0. The predicted molar refractivity (Wildman–Crippen MR) is 102 cm³/mol. The van der Waals surface area contributed by atoms with Crippen LogP contribution in [0, 0.1) is 0 Å². The van der Waals surface area contributed by atoms with Gasteiger partial charge in [-0.1, -0.05) is 0 Å². The third kappa shape index (κ3) is 5.63. The van der Waals surface area contributed by atoms with Crippen molar-refractivity contribution >= 4 is 5.97 Å². The van der Waals surface area contributed by atoms with Gasteiger partial charge < -0.3 is 64.2 Å². The van der Waals surface area contributed by atoms with Gasteiger partial charge >= 0.3 is 5.97 Å². The molecule has 33 heavy (non-hydrogen) atoms. The summed E-state index contributed by atoms with van der Waals surface area (Å²) in [4.78, 5) is 11.5. The summed E-state index contributed by atoms with van der Waals surface area (Å²) < 4.78 is 32.1. The third-order valence-corrected chi connectivity index (χ3v) is 5.89. The molecule has 3 rings (SSSR count). The predicted octanol–water partition coefficient (Wildman–Crippen LogP) is -4.31. The van der Waals surface area contributed by atoms with E-state index in [-0.39, 0.29) is 6.61 Å². The Morgan fingerprint density at radius 2 is 1.33 bits per heavy atom. The summed E-state index contributed by atoms with van der Waals surface area (Å²) in [6.07, 6.45) is -19.8. The van der Waals surface area contributed by atoms with Crippen LogP contribution >= 0.6 is 0 Å². The first-order valence-corrected chi connectivity index (χ1v) is 10.6. The number of ether oxygens (including phenoxy) is 6. The van der Waals surface area contributed by atoms with Gasteiger partial charge in [-0.2, -0.15) is 0 Å². The average molecular weight is 484 g/mol. The van der Waals surface area contributed by atoms with Crippen LogP contribution in [0.15, 0.2) is 0 Å². The second-order valence-electron chi connectivity index (χ2n) is 8.44. The van der Waals surface area contributed by atoms with Gasteiger partial charge in [0.2, 0.25) is 0 Å². The van der Waals surface area contributed by atoms with E-state index in [0.29, 0.717) is 0 Å². The van der Waals surface area contributed by atoms with Crippen molar-refractivity contribution in [3.05, 3.63) is 0 Å². The molecule has 0 saturated carbocycles. The number of esters is 1. The zero-order valence-corrected chi connectivity index (χ0v) is 18.3. The van der Waals surface area contributed by atoms with Gasteiger partial charge in [0, 0.05) is 6.92 Å². The monoisotopic (exact) mass is 484 g/mol. The Morgan fingerprint density at radius 3 is 1.97 bits per heavy atom. The minimum atomic E-state index is -1.75. The maximum atomic E-state index is 11.5. The molecule has 14 atom stereocenters. The average Bonchev–Trinajstić information content (AvgIpc) is 2.74. The molecule has 0 aromatic heterocycles. The molecule has 0 unspecified atom stereocenters. The Balaban J connectivity index is 1.68. The van der Waals surface area contributed by atoms with Gasteiger partial charge in [0.05, 0.1) is 18.8 Å². The lowest BCUT2D eigenvalue weighted by atomic mass is 9.97. The molecule has 0 bridgehead atoms. The van der Waals surface area contributed by atoms with Crippen molar-refractivity contribution in [3.63, 3.8) is 0 Å².